The number of carbonyl (C=O) groups is 2. The summed E-state index contributed by atoms with van der Waals surface area (Å²) < 4.78 is 26.5. The summed E-state index contributed by atoms with van der Waals surface area (Å²) >= 11 is 7.34. The zero-order chi connectivity index (χ0) is 23.9. The SMILES string of the molecule is COC[C@H]1C[C@]2(CN(C)C(=O)c3c(OI)c(=O)c(C(=O)NCc4cccc(Cl)c4F)cn32)C1. The Labute approximate surface area is 208 Å². The van der Waals surface area contributed by atoms with Gasteiger partial charge in [-0.25, -0.2) is 4.39 Å². The summed E-state index contributed by atoms with van der Waals surface area (Å²) in [6, 6.07) is 4.47. The van der Waals surface area contributed by atoms with Gasteiger partial charge in [-0.15, -0.1) is 0 Å². The van der Waals surface area contributed by atoms with Crippen LogP contribution in [0, 0.1) is 11.7 Å². The molecule has 11 heteroatoms. The number of halogens is 3. The largest absolute Gasteiger partial charge is 0.421 e. The molecule has 2 heterocycles. The Morgan fingerprint density at radius 3 is 2.76 bits per heavy atom. The second kappa shape index (κ2) is 9.22. The summed E-state index contributed by atoms with van der Waals surface area (Å²) in [5.41, 5.74) is -1.04. The van der Waals surface area contributed by atoms with Crippen molar-refractivity contribution >= 4 is 46.4 Å². The lowest BCUT2D eigenvalue weighted by atomic mass is 9.67. The molecule has 0 unspecified atom stereocenters. The van der Waals surface area contributed by atoms with Crippen LogP contribution >= 0.6 is 34.6 Å². The molecule has 1 aromatic carbocycles. The number of nitrogens with one attached hydrogen (secondary N) is 1. The summed E-state index contributed by atoms with van der Waals surface area (Å²) in [6.45, 7) is 0.871. The van der Waals surface area contributed by atoms with Crippen molar-refractivity contribution < 1.29 is 21.8 Å². The Morgan fingerprint density at radius 1 is 1.36 bits per heavy atom. The van der Waals surface area contributed by atoms with Crippen LogP contribution in [0.5, 0.6) is 5.75 Å². The van der Waals surface area contributed by atoms with Gasteiger partial charge in [0.1, 0.15) is 11.4 Å². The number of aromatic nitrogens is 1. The van der Waals surface area contributed by atoms with Crippen LogP contribution in [0.25, 0.3) is 0 Å². The molecule has 2 amide bonds. The first-order valence-electron chi connectivity index (χ1n) is 10.3. The lowest BCUT2D eigenvalue weighted by Crippen LogP contribution is -2.60. The number of hydrogen-bond acceptors (Lipinski definition) is 5. The molecule has 1 saturated carbocycles. The molecule has 2 aliphatic rings. The molecule has 8 nitrogen and oxygen atoms in total. The van der Waals surface area contributed by atoms with Crippen molar-refractivity contribution in [3.63, 3.8) is 0 Å². The van der Waals surface area contributed by atoms with Crippen molar-refractivity contribution in [2.75, 3.05) is 27.3 Å². The first-order valence-corrected chi connectivity index (χ1v) is 11.5. The molecule has 1 N–H and O–H groups in total. The van der Waals surface area contributed by atoms with Crippen LogP contribution in [-0.2, 0) is 16.8 Å². The zero-order valence-electron chi connectivity index (χ0n) is 18.0. The molecule has 176 valence electrons. The van der Waals surface area contributed by atoms with E-state index >= 15 is 0 Å². The molecule has 2 aromatic rings. The number of benzene rings is 1. The number of pyridine rings is 1. The molecule has 33 heavy (non-hydrogen) atoms. The molecule has 1 fully saturated rings. The molecule has 0 radical (unpaired) electrons. The number of nitrogens with zero attached hydrogens (tertiary/aromatic N) is 2. The Hall–Kier alpha value is -2.18. The zero-order valence-corrected chi connectivity index (χ0v) is 20.9. The molecular weight excluding hydrogens is 568 g/mol. The first-order chi connectivity index (χ1) is 15.7. The van der Waals surface area contributed by atoms with Crippen molar-refractivity contribution in [3.8, 4) is 5.75 Å². The Morgan fingerprint density at radius 2 is 2.09 bits per heavy atom. The third-order valence-electron chi connectivity index (χ3n) is 6.29. The van der Waals surface area contributed by atoms with Crippen LogP contribution in [0.4, 0.5) is 4.39 Å². The van der Waals surface area contributed by atoms with E-state index in [1.54, 1.807) is 52.7 Å². The summed E-state index contributed by atoms with van der Waals surface area (Å²) in [4.78, 5) is 40.6. The molecule has 1 aliphatic heterocycles. The number of carbonyl (C=O) groups excluding carboxylic acids is 2. The van der Waals surface area contributed by atoms with Gasteiger partial charge >= 0.3 is 0 Å². The van der Waals surface area contributed by atoms with Crippen molar-refractivity contribution in [2.24, 2.45) is 5.92 Å². The summed E-state index contributed by atoms with van der Waals surface area (Å²) in [5.74, 6) is -1.57. The normalized spacial score (nSPS) is 21.5. The number of ether oxygens (including phenoxy) is 1. The van der Waals surface area contributed by atoms with Gasteiger partial charge in [0.05, 0.1) is 10.6 Å². The number of fused-ring (bicyclic) bond motifs is 2. The van der Waals surface area contributed by atoms with Gasteiger partial charge in [0.25, 0.3) is 11.8 Å². The van der Waals surface area contributed by atoms with Crippen molar-refractivity contribution in [1.82, 2.24) is 14.8 Å². The van der Waals surface area contributed by atoms with E-state index in [2.05, 4.69) is 5.32 Å². The number of amides is 2. The number of rotatable bonds is 6. The minimum Gasteiger partial charge on any atom is -0.421 e. The van der Waals surface area contributed by atoms with Gasteiger partial charge in [-0.2, -0.15) is 0 Å². The molecule has 1 aliphatic carbocycles. The minimum absolute atomic E-state index is 0.0589. The van der Waals surface area contributed by atoms with E-state index in [4.69, 9.17) is 19.4 Å². The predicted octanol–water partition coefficient (Wildman–Crippen LogP) is 3.14. The quantitative estimate of drug-likeness (QED) is 0.523. The highest BCUT2D eigenvalue weighted by Crippen LogP contribution is 2.48. The van der Waals surface area contributed by atoms with Crippen molar-refractivity contribution in [1.29, 1.82) is 0 Å². The minimum atomic E-state index is -0.703. The highest BCUT2D eigenvalue weighted by molar-refractivity contribution is 14.1. The molecular formula is C22H22ClFIN3O5. The van der Waals surface area contributed by atoms with Crippen molar-refractivity contribution in [3.05, 3.63) is 62.3 Å². The van der Waals surface area contributed by atoms with E-state index in [1.807, 2.05) is 0 Å². The molecule has 1 aromatic heterocycles. The Balaban J connectivity index is 1.72. The maximum absolute atomic E-state index is 14.2. The predicted molar refractivity (Wildman–Crippen MR) is 127 cm³/mol. The van der Waals surface area contributed by atoms with E-state index in [0.717, 1.165) is 12.8 Å². The van der Waals surface area contributed by atoms with E-state index in [1.165, 1.54) is 18.3 Å². The number of likely N-dealkylation sites (N-methyl/N-ethyl adjacent to an activating group) is 1. The van der Waals surface area contributed by atoms with Crippen LogP contribution < -0.4 is 13.8 Å². The Bertz CT molecular complexity index is 1180. The standard InChI is InChI=1S/C22H22ClFIN3O5/c1-27-11-22(6-12(7-22)10-32-2)28-9-14(18(29)19(33-25)17(28)21(27)31)20(30)26-8-13-4-3-5-15(23)16(13)24/h3-5,9,12H,6-8,10-11H2,1-2H3,(H,26,30)/t12-,22+. The van der Waals surface area contributed by atoms with E-state index in [-0.39, 0.29) is 40.0 Å². The van der Waals surface area contributed by atoms with Crippen LogP contribution in [0.2, 0.25) is 5.02 Å². The van der Waals surface area contributed by atoms with Crippen molar-refractivity contribution in [2.45, 2.75) is 24.9 Å². The highest BCUT2D eigenvalue weighted by Gasteiger charge is 2.52. The van der Waals surface area contributed by atoms with Gasteiger partial charge in [-0.3, -0.25) is 14.4 Å². The highest BCUT2D eigenvalue weighted by atomic mass is 127. The lowest BCUT2D eigenvalue weighted by molar-refractivity contribution is -0.0187. The topological polar surface area (TPSA) is 89.9 Å². The second-order valence-electron chi connectivity index (χ2n) is 8.51. The van der Waals surface area contributed by atoms with Gasteiger partial charge in [0.15, 0.2) is 28.7 Å². The molecule has 0 bridgehead atoms. The van der Waals surface area contributed by atoms with Crippen LogP contribution in [0.15, 0.2) is 29.2 Å². The lowest BCUT2D eigenvalue weighted by Gasteiger charge is -2.54. The third-order valence-corrected chi connectivity index (χ3v) is 7.02. The molecule has 1 spiro atoms. The fourth-order valence-electron chi connectivity index (χ4n) is 4.82. The third kappa shape index (κ3) is 4.12. The average molecular weight is 590 g/mol. The van der Waals surface area contributed by atoms with Crippen LogP contribution in [0.1, 0.15) is 39.3 Å². The average Bonchev–Trinajstić information content (AvgIpc) is 2.76. The summed E-state index contributed by atoms with van der Waals surface area (Å²) in [6.07, 6.45) is 2.88. The van der Waals surface area contributed by atoms with E-state index in [0.29, 0.717) is 19.1 Å². The Kier molecular flexibility index (Phi) is 6.70. The maximum atomic E-state index is 14.2. The van der Waals surface area contributed by atoms with Gasteiger partial charge < -0.3 is 22.6 Å². The first kappa shape index (κ1) is 24.0. The summed E-state index contributed by atoms with van der Waals surface area (Å²) in [7, 11) is 3.32. The second-order valence-corrected chi connectivity index (χ2v) is 9.36. The molecule has 0 atom stereocenters. The summed E-state index contributed by atoms with van der Waals surface area (Å²) in [5, 5.41) is 2.51. The molecule has 0 saturated heterocycles. The number of hydrogen-bond donors (Lipinski definition) is 1. The number of methoxy groups -OCH3 is 1. The fraction of sp³-hybridized carbons (Fsp3) is 0.409. The fourth-order valence-corrected chi connectivity index (χ4v) is 5.42. The van der Waals surface area contributed by atoms with E-state index < -0.39 is 22.7 Å². The molecule has 4 rings (SSSR count). The van der Waals surface area contributed by atoms with Gasteiger partial charge in [0, 0.05) is 45.6 Å². The van der Waals surface area contributed by atoms with Crippen LogP contribution in [0.3, 0.4) is 0 Å². The van der Waals surface area contributed by atoms with Crippen LogP contribution in [-0.4, -0.2) is 48.6 Å². The van der Waals surface area contributed by atoms with Gasteiger partial charge in [0.2, 0.25) is 11.2 Å². The van der Waals surface area contributed by atoms with Gasteiger partial charge in [-0.1, -0.05) is 23.7 Å². The maximum Gasteiger partial charge on any atom is 0.274 e. The van der Waals surface area contributed by atoms with E-state index in [9.17, 15) is 18.8 Å². The monoisotopic (exact) mass is 589 g/mol. The smallest absolute Gasteiger partial charge is 0.274 e. The van der Waals surface area contributed by atoms with Gasteiger partial charge in [-0.05, 0) is 24.8 Å².